The van der Waals surface area contributed by atoms with Crippen molar-refractivity contribution in [1.29, 1.82) is 0 Å². The fourth-order valence-electron chi connectivity index (χ4n) is 3.18. The Morgan fingerprint density at radius 1 is 1.18 bits per heavy atom. The van der Waals surface area contributed by atoms with Gasteiger partial charge in [-0.25, -0.2) is 4.79 Å². The number of amides is 2. The molecule has 0 unspecified atom stereocenters. The Labute approximate surface area is 158 Å². The summed E-state index contributed by atoms with van der Waals surface area (Å²) in [5, 5.41) is 3.44. The lowest BCUT2D eigenvalue weighted by Crippen LogP contribution is -2.32. The minimum absolute atomic E-state index is 0.0379. The van der Waals surface area contributed by atoms with Crippen LogP contribution in [0.2, 0.25) is 0 Å². The predicted octanol–water partition coefficient (Wildman–Crippen LogP) is 1.45. The van der Waals surface area contributed by atoms with Crippen LogP contribution in [0, 0.1) is 5.92 Å². The van der Waals surface area contributed by atoms with E-state index in [0.717, 1.165) is 6.20 Å². The molecule has 1 aromatic carbocycles. The van der Waals surface area contributed by atoms with Crippen LogP contribution in [0.4, 0.5) is 8.78 Å². The Balaban J connectivity index is 1.76. The second-order valence-electron chi connectivity index (χ2n) is 6.39. The highest BCUT2D eigenvalue weighted by atomic mass is 19.3. The first kappa shape index (κ1) is 19.5. The van der Waals surface area contributed by atoms with Gasteiger partial charge < -0.3 is 15.4 Å². The molecule has 1 aliphatic heterocycles. The van der Waals surface area contributed by atoms with Gasteiger partial charge in [0.2, 0.25) is 5.91 Å². The summed E-state index contributed by atoms with van der Waals surface area (Å²) < 4.78 is 31.8. The van der Waals surface area contributed by atoms with E-state index in [0.29, 0.717) is 10.2 Å². The number of ether oxygens (including phenoxy) is 1. The number of primary amides is 1. The second-order valence-corrected chi connectivity index (χ2v) is 6.39. The summed E-state index contributed by atoms with van der Waals surface area (Å²) in [5.41, 5.74) is 5.29. The zero-order chi connectivity index (χ0) is 20.3. The van der Waals surface area contributed by atoms with Crippen LogP contribution < -0.4 is 5.73 Å². The Hall–Kier alpha value is -3.30. The average molecular weight is 392 g/mol. The fourth-order valence-corrected chi connectivity index (χ4v) is 3.18. The van der Waals surface area contributed by atoms with E-state index in [4.69, 9.17) is 10.5 Å². The number of hydrogen-bond acceptors (Lipinski definition) is 5. The van der Waals surface area contributed by atoms with Gasteiger partial charge in [-0.3, -0.25) is 9.59 Å². The Morgan fingerprint density at radius 3 is 2.54 bits per heavy atom. The van der Waals surface area contributed by atoms with Crippen molar-refractivity contribution in [3.8, 4) is 0 Å². The summed E-state index contributed by atoms with van der Waals surface area (Å²) in [4.78, 5) is 37.6. The maximum absolute atomic E-state index is 13.0. The van der Waals surface area contributed by atoms with Crippen LogP contribution in [0.25, 0.3) is 0 Å². The third-order valence-electron chi connectivity index (χ3n) is 4.47. The molecule has 1 fully saturated rings. The van der Waals surface area contributed by atoms with Gasteiger partial charge in [-0.05, 0) is 18.2 Å². The molecule has 2 atom stereocenters. The largest absolute Gasteiger partial charge is 0.457 e. The van der Waals surface area contributed by atoms with Gasteiger partial charge in [-0.2, -0.15) is 18.6 Å². The molecule has 0 saturated carbocycles. The number of rotatable bonds is 6. The first-order valence-electron chi connectivity index (χ1n) is 8.52. The summed E-state index contributed by atoms with van der Waals surface area (Å²) in [6, 6.07) is 9.42. The van der Waals surface area contributed by atoms with Crippen molar-refractivity contribution in [2.75, 3.05) is 13.1 Å². The molecular formula is C18H18F2N4O4. The van der Waals surface area contributed by atoms with Gasteiger partial charge >= 0.3 is 12.5 Å². The van der Waals surface area contributed by atoms with Crippen molar-refractivity contribution in [1.82, 2.24) is 14.7 Å². The van der Waals surface area contributed by atoms with E-state index in [1.807, 2.05) is 0 Å². The summed E-state index contributed by atoms with van der Waals surface area (Å²) in [5.74, 6) is -2.44. The van der Waals surface area contributed by atoms with Crippen molar-refractivity contribution in [3.63, 3.8) is 0 Å². The zero-order valence-electron chi connectivity index (χ0n) is 14.7. The molecule has 0 aliphatic carbocycles. The van der Waals surface area contributed by atoms with Gasteiger partial charge in [0.15, 0.2) is 0 Å². The summed E-state index contributed by atoms with van der Waals surface area (Å²) in [7, 11) is 0. The van der Waals surface area contributed by atoms with Crippen molar-refractivity contribution in [2.24, 2.45) is 11.7 Å². The van der Waals surface area contributed by atoms with E-state index in [2.05, 4.69) is 5.10 Å². The van der Waals surface area contributed by atoms with Crippen LogP contribution in [-0.2, 0) is 9.53 Å². The minimum Gasteiger partial charge on any atom is -0.457 e. The normalized spacial score (nSPS) is 19.0. The number of likely N-dealkylation sites (tertiary alicyclic amines) is 1. The third kappa shape index (κ3) is 4.16. The molecule has 148 valence electrons. The number of aromatic nitrogens is 2. The highest BCUT2D eigenvalue weighted by molar-refractivity contribution is 5.93. The van der Waals surface area contributed by atoms with Crippen molar-refractivity contribution in [2.45, 2.75) is 19.1 Å². The number of alkyl halides is 2. The van der Waals surface area contributed by atoms with Crippen LogP contribution in [0.15, 0.2) is 42.6 Å². The second kappa shape index (κ2) is 8.15. The van der Waals surface area contributed by atoms with Crippen molar-refractivity contribution in [3.05, 3.63) is 53.9 Å². The summed E-state index contributed by atoms with van der Waals surface area (Å²) in [6.07, 6.45) is 0.209. The Bertz CT molecular complexity index is 871. The standard InChI is InChI=1S/C18H18F2N4O4/c19-18(20)24-13(6-7-22-24)16(26)23-9-12(8-15(21)25)14(10-23)28-17(27)11-4-2-1-3-5-11/h1-7,12,14,18H,8-10H2,(H2,21,25)/t12-,14+/m0/s1. The van der Waals surface area contributed by atoms with Gasteiger partial charge in [0.1, 0.15) is 11.8 Å². The number of carbonyl (C=O) groups excluding carboxylic acids is 3. The zero-order valence-corrected chi connectivity index (χ0v) is 14.7. The first-order chi connectivity index (χ1) is 13.4. The third-order valence-corrected chi connectivity index (χ3v) is 4.47. The van der Waals surface area contributed by atoms with Crippen LogP contribution in [-0.4, -0.2) is 51.7 Å². The van der Waals surface area contributed by atoms with E-state index < -0.39 is 36.4 Å². The number of nitrogens with two attached hydrogens (primary N) is 1. The number of esters is 1. The molecule has 0 spiro atoms. The highest BCUT2D eigenvalue weighted by Gasteiger charge is 2.40. The lowest BCUT2D eigenvalue weighted by Gasteiger charge is -2.17. The minimum atomic E-state index is -2.97. The van der Waals surface area contributed by atoms with Gasteiger partial charge in [0, 0.05) is 25.1 Å². The first-order valence-corrected chi connectivity index (χ1v) is 8.52. The quantitative estimate of drug-likeness (QED) is 0.749. The van der Waals surface area contributed by atoms with Crippen LogP contribution >= 0.6 is 0 Å². The van der Waals surface area contributed by atoms with Crippen LogP contribution in [0.1, 0.15) is 33.8 Å². The summed E-state index contributed by atoms with van der Waals surface area (Å²) >= 11 is 0. The summed E-state index contributed by atoms with van der Waals surface area (Å²) in [6.45, 7) is -2.96. The van der Waals surface area contributed by atoms with E-state index in [1.54, 1.807) is 30.3 Å². The van der Waals surface area contributed by atoms with Gasteiger partial charge in [-0.15, -0.1) is 0 Å². The van der Waals surface area contributed by atoms with E-state index in [-0.39, 0.29) is 25.2 Å². The SMILES string of the molecule is NC(=O)C[C@H]1CN(C(=O)c2ccnn2C(F)F)C[C@H]1OC(=O)c1ccccc1. The molecule has 2 aromatic rings. The molecule has 28 heavy (non-hydrogen) atoms. The smallest absolute Gasteiger partial charge is 0.338 e. The van der Waals surface area contributed by atoms with Crippen molar-refractivity contribution >= 4 is 17.8 Å². The number of nitrogens with zero attached hydrogens (tertiary/aromatic N) is 3. The maximum atomic E-state index is 13.0. The van der Waals surface area contributed by atoms with E-state index in [9.17, 15) is 23.2 Å². The van der Waals surface area contributed by atoms with Gasteiger partial charge in [0.05, 0.1) is 12.1 Å². The number of halogens is 2. The highest BCUT2D eigenvalue weighted by Crippen LogP contribution is 2.26. The molecule has 10 heteroatoms. The van der Waals surface area contributed by atoms with Crippen LogP contribution in [0.3, 0.4) is 0 Å². The monoisotopic (exact) mass is 392 g/mol. The number of carbonyl (C=O) groups is 3. The maximum Gasteiger partial charge on any atom is 0.338 e. The van der Waals surface area contributed by atoms with E-state index >= 15 is 0 Å². The number of benzene rings is 1. The fraction of sp³-hybridized carbons (Fsp3) is 0.333. The molecule has 0 radical (unpaired) electrons. The molecule has 1 aromatic heterocycles. The molecule has 0 bridgehead atoms. The number of hydrogen-bond donors (Lipinski definition) is 1. The molecular weight excluding hydrogens is 374 g/mol. The topological polar surface area (TPSA) is 108 Å². The molecule has 2 amide bonds. The molecule has 1 aliphatic rings. The van der Waals surface area contributed by atoms with Crippen LogP contribution in [0.5, 0.6) is 0 Å². The van der Waals surface area contributed by atoms with E-state index in [1.165, 1.54) is 11.0 Å². The molecule has 1 saturated heterocycles. The lowest BCUT2D eigenvalue weighted by molar-refractivity contribution is -0.119. The molecule has 2 N–H and O–H groups in total. The van der Waals surface area contributed by atoms with Crippen molar-refractivity contribution < 1.29 is 27.9 Å². The molecule has 3 rings (SSSR count). The lowest BCUT2D eigenvalue weighted by atomic mass is 10.0. The Kier molecular flexibility index (Phi) is 5.67. The molecule has 2 heterocycles. The average Bonchev–Trinajstić information content (AvgIpc) is 3.29. The Morgan fingerprint density at radius 2 is 1.89 bits per heavy atom. The molecule has 8 nitrogen and oxygen atoms in total. The van der Waals surface area contributed by atoms with Gasteiger partial charge in [-0.1, -0.05) is 18.2 Å². The predicted molar refractivity (Wildman–Crippen MR) is 92.3 cm³/mol. The van der Waals surface area contributed by atoms with Gasteiger partial charge in [0.25, 0.3) is 5.91 Å².